The highest BCUT2D eigenvalue weighted by Crippen LogP contribution is 2.33. The molecule has 0 aliphatic carbocycles. The van der Waals surface area contributed by atoms with Crippen LogP contribution in [-0.4, -0.2) is 28.7 Å². The molecular weight excluding hydrogens is 482 g/mol. The van der Waals surface area contributed by atoms with Crippen LogP contribution in [0.4, 0.5) is 5.69 Å². The molecule has 37 heavy (non-hydrogen) atoms. The summed E-state index contributed by atoms with van der Waals surface area (Å²) in [6, 6.07) is 30.0. The molecule has 0 saturated heterocycles. The second-order valence-electron chi connectivity index (χ2n) is 9.49. The van der Waals surface area contributed by atoms with Gasteiger partial charge in [0, 0.05) is 17.6 Å². The van der Waals surface area contributed by atoms with Crippen molar-refractivity contribution >= 4 is 15.5 Å². The first kappa shape index (κ1) is 26.3. The van der Waals surface area contributed by atoms with Crippen LogP contribution in [0, 0.1) is 6.92 Å². The molecule has 0 radical (unpaired) electrons. The van der Waals surface area contributed by atoms with Crippen LogP contribution in [-0.2, 0) is 15.3 Å². The van der Waals surface area contributed by atoms with Gasteiger partial charge in [-0.3, -0.25) is 0 Å². The summed E-state index contributed by atoms with van der Waals surface area (Å²) in [4.78, 5) is 0.571. The normalized spacial score (nSPS) is 11.7. The fraction of sp³-hybridized carbons (Fsp3) is 0.226. The average Bonchev–Trinajstić information content (AvgIpc) is 2.92. The van der Waals surface area contributed by atoms with Gasteiger partial charge >= 0.3 is 0 Å². The molecule has 4 rings (SSSR count). The van der Waals surface area contributed by atoms with Gasteiger partial charge in [0.05, 0.1) is 16.9 Å². The van der Waals surface area contributed by atoms with Gasteiger partial charge in [-0.1, -0.05) is 55.8 Å². The van der Waals surface area contributed by atoms with Gasteiger partial charge in [-0.15, -0.1) is 0 Å². The minimum atomic E-state index is -3.53. The molecular formula is C31H33NO4S. The molecule has 5 nitrogen and oxygen atoms in total. The van der Waals surface area contributed by atoms with Gasteiger partial charge < -0.3 is 14.8 Å². The minimum Gasteiger partial charge on any atom is -0.497 e. The first-order chi connectivity index (χ1) is 17.7. The van der Waals surface area contributed by atoms with E-state index in [9.17, 15) is 8.42 Å². The Morgan fingerprint density at radius 2 is 1.19 bits per heavy atom. The van der Waals surface area contributed by atoms with Crippen LogP contribution in [0.25, 0.3) is 0 Å². The summed E-state index contributed by atoms with van der Waals surface area (Å²) in [6.07, 6.45) is 0. The highest BCUT2D eigenvalue weighted by molar-refractivity contribution is 7.91. The van der Waals surface area contributed by atoms with Crippen LogP contribution in [0.15, 0.2) is 107 Å². The lowest BCUT2D eigenvalue weighted by atomic mass is 9.78. The van der Waals surface area contributed by atoms with Gasteiger partial charge in [0.2, 0.25) is 9.84 Å². The van der Waals surface area contributed by atoms with Crippen molar-refractivity contribution in [2.75, 3.05) is 25.6 Å². The fourth-order valence-electron chi connectivity index (χ4n) is 4.11. The van der Waals surface area contributed by atoms with Gasteiger partial charge in [0.25, 0.3) is 0 Å². The molecule has 0 unspecified atom stereocenters. The number of ether oxygens (including phenoxy) is 2. The smallest absolute Gasteiger partial charge is 0.206 e. The third kappa shape index (κ3) is 6.15. The predicted molar refractivity (Wildman–Crippen MR) is 149 cm³/mol. The Hall–Kier alpha value is -3.77. The zero-order valence-corrected chi connectivity index (χ0v) is 22.5. The van der Waals surface area contributed by atoms with Crippen molar-refractivity contribution in [3.63, 3.8) is 0 Å². The molecule has 0 atom stereocenters. The van der Waals surface area contributed by atoms with E-state index in [0.717, 1.165) is 22.7 Å². The lowest BCUT2D eigenvalue weighted by Gasteiger charge is -2.26. The Kier molecular flexibility index (Phi) is 7.89. The second kappa shape index (κ2) is 11.1. The third-order valence-corrected chi connectivity index (χ3v) is 8.37. The maximum Gasteiger partial charge on any atom is 0.206 e. The Bertz CT molecular complexity index is 1410. The largest absolute Gasteiger partial charge is 0.497 e. The maximum atomic E-state index is 12.8. The molecule has 4 aromatic carbocycles. The monoisotopic (exact) mass is 515 g/mol. The van der Waals surface area contributed by atoms with Crippen LogP contribution in [0.3, 0.4) is 0 Å². The van der Waals surface area contributed by atoms with Crippen LogP contribution in [0.1, 0.15) is 30.5 Å². The standard InChI is InChI=1S/C31H33NO4S/c1-23-5-17-29(18-6-23)37(33,34)30-19-11-26(12-20-30)32-21-22-36-28-15-9-25(10-16-28)31(2,3)24-7-13-27(35-4)14-8-24/h5-20,32H,21-22H2,1-4H3. The number of rotatable bonds is 10. The first-order valence-electron chi connectivity index (χ1n) is 12.2. The summed E-state index contributed by atoms with van der Waals surface area (Å²) in [5.41, 5.74) is 4.12. The molecule has 0 saturated carbocycles. The molecule has 0 amide bonds. The molecule has 0 aliphatic heterocycles. The predicted octanol–water partition coefficient (Wildman–Crippen LogP) is 6.65. The van der Waals surface area contributed by atoms with E-state index in [4.69, 9.17) is 9.47 Å². The molecule has 4 aromatic rings. The molecule has 0 aliphatic rings. The van der Waals surface area contributed by atoms with Crippen molar-refractivity contribution < 1.29 is 17.9 Å². The fourth-order valence-corrected chi connectivity index (χ4v) is 5.37. The average molecular weight is 516 g/mol. The van der Waals surface area contributed by atoms with Crippen LogP contribution in [0.2, 0.25) is 0 Å². The van der Waals surface area contributed by atoms with E-state index in [0.29, 0.717) is 18.0 Å². The molecule has 0 aromatic heterocycles. The maximum absolute atomic E-state index is 12.8. The zero-order chi connectivity index (χ0) is 26.5. The van der Waals surface area contributed by atoms with Crippen LogP contribution < -0.4 is 14.8 Å². The van der Waals surface area contributed by atoms with Gasteiger partial charge in [0.15, 0.2) is 0 Å². The molecule has 0 fully saturated rings. The van der Waals surface area contributed by atoms with E-state index in [1.54, 1.807) is 55.6 Å². The zero-order valence-electron chi connectivity index (χ0n) is 21.7. The van der Waals surface area contributed by atoms with Crippen LogP contribution in [0.5, 0.6) is 11.5 Å². The van der Waals surface area contributed by atoms with Gasteiger partial charge in [-0.2, -0.15) is 0 Å². The van der Waals surface area contributed by atoms with Gasteiger partial charge in [-0.05, 0) is 78.7 Å². The number of aryl methyl sites for hydroxylation is 1. The Labute approximate surface area is 220 Å². The van der Waals surface area contributed by atoms with Crippen molar-refractivity contribution in [3.05, 3.63) is 114 Å². The summed E-state index contributed by atoms with van der Waals surface area (Å²) in [5.74, 6) is 1.65. The molecule has 0 bridgehead atoms. The molecule has 0 heterocycles. The Morgan fingerprint density at radius 3 is 1.70 bits per heavy atom. The summed E-state index contributed by atoms with van der Waals surface area (Å²) < 4.78 is 36.8. The van der Waals surface area contributed by atoms with E-state index in [-0.39, 0.29) is 10.3 Å². The number of hydrogen-bond donors (Lipinski definition) is 1. The number of anilines is 1. The van der Waals surface area contributed by atoms with Gasteiger partial charge in [-0.25, -0.2) is 8.42 Å². The summed E-state index contributed by atoms with van der Waals surface area (Å²) in [7, 11) is -1.86. The van der Waals surface area contributed by atoms with Crippen LogP contribution >= 0.6 is 0 Å². The molecule has 1 N–H and O–H groups in total. The minimum absolute atomic E-state index is 0.147. The van der Waals surface area contributed by atoms with E-state index in [1.807, 2.05) is 31.2 Å². The number of benzene rings is 4. The molecule has 192 valence electrons. The van der Waals surface area contributed by atoms with Gasteiger partial charge in [0.1, 0.15) is 18.1 Å². The van der Waals surface area contributed by atoms with E-state index >= 15 is 0 Å². The molecule has 6 heteroatoms. The van der Waals surface area contributed by atoms with E-state index in [1.165, 1.54) is 11.1 Å². The van der Waals surface area contributed by atoms with Crippen molar-refractivity contribution in [1.82, 2.24) is 0 Å². The number of methoxy groups -OCH3 is 1. The highest BCUT2D eigenvalue weighted by atomic mass is 32.2. The number of sulfone groups is 1. The number of nitrogens with one attached hydrogen (secondary N) is 1. The SMILES string of the molecule is COc1ccc(C(C)(C)c2ccc(OCCNc3ccc(S(=O)(=O)c4ccc(C)cc4)cc3)cc2)cc1. The lowest BCUT2D eigenvalue weighted by Crippen LogP contribution is -2.18. The summed E-state index contributed by atoms with van der Waals surface area (Å²) >= 11 is 0. The topological polar surface area (TPSA) is 64.6 Å². The van der Waals surface area contributed by atoms with Crippen molar-refractivity contribution in [2.45, 2.75) is 36.0 Å². The van der Waals surface area contributed by atoms with E-state index in [2.05, 4.69) is 43.4 Å². The Balaban J connectivity index is 1.29. The van der Waals surface area contributed by atoms with Crippen molar-refractivity contribution in [1.29, 1.82) is 0 Å². The first-order valence-corrected chi connectivity index (χ1v) is 13.7. The highest BCUT2D eigenvalue weighted by Gasteiger charge is 2.23. The quantitative estimate of drug-likeness (QED) is 0.240. The number of hydrogen-bond acceptors (Lipinski definition) is 5. The summed E-state index contributed by atoms with van der Waals surface area (Å²) in [6.45, 7) is 7.39. The third-order valence-electron chi connectivity index (χ3n) is 6.58. The summed E-state index contributed by atoms with van der Waals surface area (Å²) in [5, 5.41) is 3.28. The molecule has 0 spiro atoms. The van der Waals surface area contributed by atoms with Crippen molar-refractivity contribution in [2.24, 2.45) is 0 Å². The van der Waals surface area contributed by atoms with E-state index < -0.39 is 9.84 Å². The van der Waals surface area contributed by atoms with Crippen molar-refractivity contribution in [3.8, 4) is 11.5 Å². The Morgan fingerprint density at radius 1 is 0.703 bits per heavy atom. The lowest BCUT2D eigenvalue weighted by molar-refractivity contribution is 0.332. The second-order valence-corrected chi connectivity index (χ2v) is 11.4.